The van der Waals surface area contributed by atoms with Crippen LogP contribution in [0.15, 0.2) is 6.20 Å². The number of carbonyl (C=O) groups is 1. The predicted molar refractivity (Wildman–Crippen MR) is 64.6 cm³/mol. The van der Waals surface area contributed by atoms with Gasteiger partial charge in [0.05, 0.1) is 6.20 Å². The van der Waals surface area contributed by atoms with Crippen molar-refractivity contribution in [3.63, 3.8) is 0 Å². The maximum absolute atomic E-state index is 11.7. The summed E-state index contributed by atoms with van der Waals surface area (Å²) in [5, 5.41) is 13.2. The first-order chi connectivity index (χ1) is 8.61. The minimum atomic E-state index is -0.339. The Morgan fingerprint density at radius 3 is 2.94 bits per heavy atom. The third kappa shape index (κ3) is 2.31. The molecular formula is C10H15N7O. The minimum absolute atomic E-state index is 0.134. The third-order valence-corrected chi connectivity index (χ3v) is 2.57. The fourth-order valence-corrected chi connectivity index (χ4v) is 1.44. The van der Waals surface area contributed by atoms with E-state index < -0.39 is 0 Å². The number of nitrogens with one attached hydrogen (secondary N) is 2. The van der Waals surface area contributed by atoms with Crippen LogP contribution < -0.4 is 11.1 Å². The van der Waals surface area contributed by atoms with Gasteiger partial charge < -0.3 is 11.1 Å². The molecule has 0 spiro atoms. The maximum Gasteiger partial charge on any atom is 0.291 e. The second kappa shape index (κ2) is 4.86. The smallest absolute Gasteiger partial charge is 0.291 e. The second-order valence-corrected chi connectivity index (χ2v) is 3.82. The zero-order chi connectivity index (χ0) is 13.1. The van der Waals surface area contributed by atoms with Gasteiger partial charge in [-0.2, -0.15) is 5.10 Å². The molecule has 0 aliphatic heterocycles. The molecule has 96 valence electrons. The summed E-state index contributed by atoms with van der Waals surface area (Å²) >= 11 is 0. The lowest BCUT2D eigenvalue weighted by Gasteiger charge is -2.01. The summed E-state index contributed by atoms with van der Waals surface area (Å²) in [6, 6.07) is 0. The SMILES string of the molecule is CCc1nc(C(=O)NCc2cnn(C)c2N)n[nH]1. The molecule has 1 amide bonds. The van der Waals surface area contributed by atoms with Gasteiger partial charge in [-0.1, -0.05) is 6.92 Å². The molecule has 0 fully saturated rings. The third-order valence-electron chi connectivity index (χ3n) is 2.57. The Morgan fingerprint density at radius 1 is 1.61 bits per heavy atom. The average Bonchev–Trinajstić information content (AvgIpc) is 2.96. The number of anilines is 1. The highest BCUT2D eigenvalue weighted by Crippen LogP contribution is 2.08. The predicted octanol–water partition coefficient (Wildman–Crippen LogP) is -0.387. The van der Waals surface area contributed by atoms with Crippen LogP contribution in [-0.2, 0) is 20.0 Å². The van der Waals surface area contributed by atoms with Gasteiger partial charge in [0.15, 0.2) is 0 Å². The number of nitrogen functional groups attached to an aromatic ring is 1. The van der Waals surface area contributed by atoms with Gasteiger partial charge in [-0.3, -0.25) is 14.6 Å². The number of hydrogen-bond donors (Lipinski definition) is 3. The van der Waals surface area contributed by atoms with Crippen molar-refractivity contribution in [2.75, 3.05) is 5.73 Å². The van der Waals surface area contributed by atoms with E-state index in [-0.39, 0.29) is 11.7 Å². The fourth-order valence-electron chi connectivity index (χ4n) is 1.44. The molecule has 8 heteroatoms. The van der Waals surface area contributed by atoms with Crippen LogP contribution in [0.2, 0.25) is 0 Å². The average molecular weight is 249 g/mol. The zero-order valence-electron chi connectivity index (χ0n) is 10.3. The summed E-state index contributed by atoms with van der Waals surface area (Å²) in [5.74, 6) is 1.00. The normalized spacial score (nSPS) is 10.6. The number of aryl methyl sites for hydroxylation is 2. The number of nitrogens with zero attached hydrogens (tertiary/aromatic N) is 4. The molecule has 0 atom stereocenters. The zero-order valence-corrected chi connectivity index (χ0v) is 10.3. The Hall–Kier alpha value is -2.38. The molecule has 2 heterocycles. The second-order valence-electron chi connectivity index (χ2n) is 3.82. The first kappa shape index (κ1) is 12.1. The van der Waals surface area contributed by atoms with Crippen LogP contribution in [0.25, 0.3) is 0 Å². The van der Waals surface area contributed by atoms with E-state index in [2.05, 4.69) is 25.6 Å². The van der Waals surface area contributed by atoms with Gasteiger partial charge in [0, 0.05) is 25.6 Å². The topological polar surface area (TPSA) is 115 Å². The first-order valence-corrected chi connectivity index (χ1v) is 5.57. The number of H-pyrrole nitrogens is 1. The summed E-state index contributed by atoms with van der Waals surface area (Å²) in [6.07, 6.45) is 2.32. The Labute approximate surface area is 104 Å². The summed E-state index contributed by atoms with van der Waals surface area (Å²) in [5.41, 5.74) is 6.53. The van der Waals surface area contributed by atoms with Crippen molar-refractivity contribution in [3.05, 3.63) is 23.4 Å². The molecule has 0 aromatic carbocycles. The molecular weight excluding hydrogens is 234 g/mol. The van der Waals surface area contributed by atoms with E-state index in [9.17, 15) is 4.79 Å². The van der Waals surface area contributed by atoms with E-state index in [4.69, 9.17) is 5.73 Å². The highest BCUT2D eigenvalue weighted by Gasteiger charge is 2.12. The van der Waals surface area contributed by atoms with Gasteiger partial charge >= 0.3 is 0 Å². The lowest BCUT2D eigenvalue weighted by atomic mass is 10.3. The fraction of sp³-hybridized carbons (Fsp3) is 0.400. The van der Waals surface area contributed by atoms with Gasteiger partial charge in [0.25, 0.3) is 5.91 Å². The Bertz CT molecular complexity index is 556. The Morgan fingerprint density at radius 2 is 2.39 bits per heavy atom. The quantitative estimate of drug-likeness (QED) is 0.683. The van der Waals surface area contributed by atoms with Gasteiger partial charge in [-0.05, 0) is 0 Å². The van der Waals surface area contributed by atoms with Crippen LogP contribution in [0.3, 0.4) is 0 Å². The van der Waals surface area contributed by atoms with Crippen LogP contribution in [0, 0.1) is 0 Å². The van der Waals surface area contributed by atoms with Crippen molar-refractivity contribution in [2.24, 2.45) is 7.05 Å². The lowest BCUT2D eigenvalue weighted by molar-refractivity contribution is 0.0941. The largest absolute Gasteiger partial charge is 0.384 e. The molecule has 18 heavy (non-hydrogen) atoms. The highest BCUT2D eigenvalue weighted by atomic mass is 16.2. The number of aromatic nitrogens is 5. The molecule has 0 aliphatic carbocycles. The van der Waals surface area contributed by atoms with E-state index in [1.54, 1.807) is 17.9 Å². The lowest BCUT2D eigenvalue weighted by Crippen LogP contribution is -2.24. The maximum atomic E-state index is 11.7. The summed E-state index contributed by atoms with van der Waals surface area (Å²) < 4.78 is 1.55. The van der Waals surface area contributed by atoms with E-state index in [1.807, 2.05) is 6.92 Å². The molecule has 0 radical (unpaired) electrons. The first-order valence-electron chi connectivity index (χ1n) is 5.57. The van der Waals surface area contributed by atoms with Crippen LogP contribution in [0.4, 0.5) is 5.82 Å². The van der Waals surface area contributed by atoms with E-state index in [0.717, 1.165) is 5.56 Å². The van der Waals surface area contributed by atoms with E-state index >= 15 is 0 Å². The van der Waals surface area contributed by atoms with Crippen LogP contribution in [0.1, 0.15) is 28.9 Å². The standard InChI is InChI=1S/C10H15N7O/c1-3-7-14-9(16-15-7)10(18)12-4-6-5-13-17(2)8(6)11/h5H,3-4,11H2,1-2H3,(H,12,18)(H,14,15,16). The van der Waals surface area contributed by atoms with Crippen LogP contribution in [0.5, 0.6) is 0 Å². The van der Waals surface area contributed by atoms with Crippen LogP contribution in [-0.4, -0.2) is 30.9 Å². The number of nitrogens with two attached hydrogens (primary N) is 1. The molecule has 8 nitrogen and oxygen atoms in total. The van der Waals surface area contributed by atoms with Gasteiger partial charge in [0.1, 0.15) is 11.6 Å². The van der Waals surface area contributed by atoms with Crippen LogP contribution >= 0.6 is 0 Å². The number of rotatable bonds is 4. The van der Waals surface area contributed by atoms with E-state index in [0.29, 0.717) is 24.6 Å². The molecule has 0 saturated carbocycles. The number of carbonyl (C=O) groups excluding carboxylic acids is 1. The van der Waals surface area contributed by atoms with Crippen molar-refractivity contribution in [2.45, 2.75) is 19.9 Å². The molecule has 0 unspecified atom stereocenters. The molecule has 2 rings (SSSR count). The molecule has 0 bridgehead atoms. The number of hydrogen-bond acceptors (Lipinski definition) is 5. The highest BCUT2D eigenvalue weighted by molar-refractivity contribution is 5.90. The molecule has 2 aromatic rings. The Kier molecular flexibility index (Phi) is 3.26. The number of amides is 1. The summed E-state index contributed by atoms with van der Waals surface area (Å²) in [7, 11) is 1.74. The number of aromatic amines is 1. The van der Waals surface area contributed by atoms with Crippen molar-refractivity contribution < 1.29 is 4.79 Å². The van der Waals surface area contributed by atoms with Crippen molar-refractivity contribution in [1.29, 1.82) is 0 Å². The molecule has 2 aromatic heterocycles. The molecule has 0 aliphatic rings. The van der Waals surface area contributed by atoms with Crippen molar-refractivity contribution >= 4 is 11.7 Å². The summed E-state index contributed by atoms with van der Waals surface area (Å²) in [6.45, 7) is 2.23. The molecule has 0 saturated heterocycles. The van der Waals surface area contributed by atoms with Gasteiger partial charge in [0.2, 0.25) is 5.82 Å². The molecule has 4 N–H and O–H groups in total. The minimum Gasteiger partial charge on any atom is -0.384 e. The summed E-state index contributed by atoms with van der Waals surface area (Å²) in [4.78, 5) is 15.8. The van der Waals surface area contributed by atoms with Crippen molar-refractivity contribution in [1.82, 2.24) is 30.3 Å². The monoisotopic (exact) mass is 249 g/mol. The Balaban J connectivity index is 1.98. The van der Waals surface area contributed by atoms with E-state index in [1.165, 1.54) is 0 Å². The van der Waals surface area contributed by atoms with Gasteiger partial charge in [-0.15, -0.1) is 5.10 Å². The van der Waals surface area contributed by atoms with Gasteiger partial charge in [-0.25, -0.2) is 4.98 Å². The van der Waals surface area contributed by atoms with Crippen molar-refractivity contribution in [3.8, 4) is 0 Å².